The molecule has 0 unspecified atom stereocenters. The summed E-state index contributed by atoms with van der Waals surface area (Å²) in [4.78, 5) is 6.80. The minimum Gasteiger partial charge on any atom is -0.357 e. The monoisotopic (exact) mass is 452 g/mol. The molecule has 0 aliphatic heterocycles. The molecule has 2 aromatic rings. The van der Waals surface area contributed by atoms with Crippen molar-refractivity contribution in [3.05, 3.63) is 45.4 Å². The van der Waals surface area contributed by atoms with Gasteiger partial charge in [-0.1, -0.05) is 11.6 Å². The summed E-state index contributed by atoms with van der Waals surface area (Å²) in [6.45, 7) is 4.39. The zero-order chi connectivity index (χ0) is 15.2. The van der Waals surface area contributed by atoms with Gasteiger partial charge in [0.1, 0.15) is 0 Å². The number of aryl methyl sites for hydroxylation is 1. The fourth-order valence-electron chi connectivity index (χ4n) is 2.06. The molecule has 0 spiro atoms. The Morgan fingerprint density at radius 3 is 2.82 bits per heavy atom. The zero-order valence-corrected chi connectivity index (χ0v) is 16.9. The van der Waals surface area contributed by atoms with Crippen molar-refractivity contribution >= 4 is 52.9 Å². The number of hydrogen-bond acceptors (Lipinski definition) is 2. The summed E-state index contributed by atoms with van der Waals surface area (Å²) in [7, 11) is 4.04. The van der Waals surface area contributed by atoms with Gasteiger partial charge in [0.25, 0.3) is 0 Å². The standard InChI is InChI=1S/C15H21ClN4S.HI/c1-4-17-15(18-8-12-5-6-21-11-12)20(3)10-14-7-13(16)9-19(14)2;/h5-7,9,11H,4,8,10H2,1-3H3,(H,17,18);1H. The van der Waals surface area contributed by atoms with Gasteiger partial charge >= 0.3 is 0 Å². The van der Waals surface area contributed by atoms with Crippen LogP contribution in [0.25, 0.3) is 0 Å². The SMILES string of the molecule is CCNC(=NCc1ccsc1)N(C)Cc1cc(Cl)cn1C.I. The molecule has 0 atom stereocenters. The summed E-state index contributed by atoms with van der Waals surface area (Å²) in [5, 5.41) is 8.30. The molecule has 22 heavy (non-hydrogen) atoms. The highest BCUT2D eigenvalue weighted by atomic mass is 127. The van der Waals surface area contributed by atoms with E-state index in [1.165, 1.54) is 5.56 Å². The minimum atomic E-state index is 0. The van der Waals surface area contributed by atoms with E-state index in [2.05, 4.69) is 39.0 Å². The maximum absolute atomic E-state index is 6.03. The summed E-state index contributed by atoms with van der Waals surface area (Å²) >= 11 is 7.73. The van der Waals surface area contributed by atoms with Gasteiger partial charge in [-0.2, -0.15) is 11.3 Å². The lowest BCUT2D eigenvalue weighted by molar-refractivity contribution is 0.462. The number of thiophene rings is 1. The molecule has 0 aliphatic carbocycles. The minimum absolute atomic E-state index is 0. The van der Waals surface area contributed by atoms with Crippen molar-refractivity contribution in [3.8, 4) is 0 Å². The fraction of sp³-hybridized carbons (Fsp3) is 0.400. The van der Waals surface area contributed by atoms with Crippen LogP contribution >= 0.6 is 46.9 Å². The van der Waals surface area contributed by atoms with Gasteiger partial charge in [-0.15, -0.1) is 24.0 Å². The van der Waals surface area contributed by atoms with Crippen LogP contribution < -0.4 is 5.32 Å². The van der Waals surface area contributed by atoms with Gasteiger partial charge < -0.3 is 14.8 Å². The van der Waals surface area contributed by atoms with Crippen LogP contribution in [-0.4, -0.2) is 29.0 Å². The topological polar surface area (TPSA) is 32.6 Å². The molecular formula is C15H22ClIN4S. The van der Waals surface area contributed by atoms with Gasteiger partial charge in [0.05, 0.1) is 18.1 Å². The molecule has 2 aromatic heterocycles. The van der Waals surface area contributed by atoms with E-state index in [9.17, 15) is 0 Å². The van der Waals surface area contributed by atoms with Crippen LogP contribution in [-0.2, 0) is 20.1 Å². The van der Waals surface area contributed by atoms with E-state index in [1.807, 2.05) is 30.9 Å². The van der Waals surface area contributed by atoms with Crippen LogP contribution in [0.5, 0.6) is 0 Å². The average molecular weight is 453 g/mol. The molecule has 2 heterocycles. The number of aromatic nitrogens is 1. The van der Waals surface area contributed by atoms with Crippen molar-refractivity contribution in [3.63, 3.8) is 0 Å². The van der Waals surface area contributed by atoms with Crippen molar-refractivity contribution in [1.82, 2.24) is 14.8 Å². The largest absolute Gasteiger partial charge is 0.357 e. The van der Waals surface area contributed by atoms with Gasteiger partial charge in [-0.25, -0.2) is 4.99 Å². The molecule has 122 valence electrons. The summed E-state index contributed by atoms with van der Waals surface area (Å²) in [6.07, 6.45) is 1.92. The van der Waals surface area contributed by atoms with Crippen LogP contribution in [0.4, 0.5) is 0 Å². The van der Waals surface area contributed by atoms with Gasteiger partial charge in [0, 0.05) is 32.5 Å². The van der Waals surface area contributed by atoms with Crippen LogP contribution in [0.15, 0.2) is 34.1 Å². The first-order chi connectivity index (χ1) is 10.1. The lowest BCUT2D eigenvalue weighted by Gasteiger charge is -2.22. The molecule has 0 radical (unpaired) electrons. The Bertz CT molecular complexity index is 595. The second-order valence-electron chi connectivity index (χ2n) is 4.92. The Labute approximate surface area is 158 Å². The highest BCUT2D eigenvalue weighted by molar-refractivity contribution is 14.0. The molecule has 0 saturated heterocycles. The smallest absolute Gasteiger partial charge is 0.194 e. The first-order valence-corrected chi connectivity index (χ1v) is 8.23. The Hall–Kier alpha value is -0.730. The molecule has 0 bridgehead atoms. The third-order valence-corrected chi connectivity index (χ3v) is 4.10. The van der Waals surface area contributed by atoms with Crippen LogP contribution in [0.1, 0.15) is 18.2 Å². The molecule has 0 aliphatic rings. The Kier molecular flexibility index (Phi) is 8.27. The lowest BCUT2D eigenvalue weighted by Crippen LogP contribution is -2.38. The molecule has 0 aromatic carbocycles. The second-order valence-corrected chi connectivity index (χ2v) is 6.13. The molecule has 0 saturated carbocycles. The van der Waals surface area contributed by atoms with E-state index in [0.29, 0.717) is 6.54 Å². The van der Waals surface area contributed by atoms with Crippen molar-refractivity contribution < 1.29 is 0 Å². The predicted octanol–water partition coefficient (Wildman–Crippen LogP) is 3.96. The number of nitrogens with zero attached hydrogens (tertiary/aromatic N) is 3. The summed E-state index contributed by atoms with van der Waals surface area (Å²) < 4.78 is 2.04. The van der Waals surface area contributed by atoms with Gasteiger partial charge in [0.15, 0.2) is 5.96 Å². The van der Waals surface area contributed by atoms with E-state index in [1.54, 1.807) is 11.3 Å². The Morgan fingerprint density at radius 1 is 1.50 bits per heavy atom. The van der Waals surface area contributed by atoms with Crippen molar-refractivity contribution in [2.75, 3.05) is 13.6 Å². The van der Waals surface area contributed by atoms with Crippen LogP contribution in [0.2, 0.25) is 5.02 Å². The van der Waals surface area contributed by atoms with Crippen molar-refractivity contribution in [2.24, 2.45) is 12.0 Å². The molecule has 0 fully saturated rings. The number of halogens is 2. The van der Waals surface area contributed by atoms with E-state index < -0.39 is 0 Å². The van der Waals surface area contributed by atoms with Crippen molar-refractivity contribution in [1.29, 1.82) is 0 Å². The summed E-state index contributed by atoms with van der Waals surface area (Å²) in [5.41, 5.74) is 2.40. The summed E-state index contributed by atoms with van der Waals surface area (Å²) in [5.74, 6) is 0.904. The number of nitrogens with one attached hydrogen (secondary N) is 1. The first-order valence-electron chi connectivity index (χ1n) is 6.91. The molecule has 1 N–H and O–H groups in total. The third kappa shape index (κ3) is 5.48. The Morgan fingerprint density at radius 2 is 2.27 bits per heavy atom. The zero-order valence-electron chi connectivity index (χ0n) is 13.0. The van der Waals surface area contributed by atoms with Gasteiger partial charge in [-0.3, -0.25) is 0 Å². The maximum atomic E-state index is 6.03. The normalized spacial score (nSPS) is 11.2. The molecule has 0 amide bonds. The summed E-state index contributed by atoms with van der Waals surface area (Å²) in [6, 6.07) is 4.09. The van der Waals surface area contributed by atoms with Crippen LogP contribution in [0.3, 0.4) is 0 Å². The second kappa shape index (κ2) is 9.42. The fourth-order valence-corrected chi connectivity index (χ4v) is 2.99. The first kappa shape index (κ1) is 19.3. The maximum Gasteiger partial charge on any atom is 0.194 e. The molecular weight excluding hydrogens is 431 g/mol. The van der Waals surface area contributed by atoms with E-state index >= 15 is 0 Å². The number of hydrogen-bond donors (Lipinski definition) is 1. The molecule has 4 nitrogen and oxygen atoms in total. The quantitative estimate of drug-likeness (QED) is 0.423. The van der Waals surface area contributed by atoms with E-state index in [0.717, 1.165) is 29.8 Å². The third-order valence-electron chi connectivity index (χ3n) is 3.16. The highest BCUT2D eigenvalue weighted by Gasteiger charge is 2.09. The van der Waals surface area contributed by atoms with Gasteiger partial charge in [0.2, 0.25) is 0 Å². The van der Waals surface area contributed by atoms with Gasteiger partial charge in [-0.05, 0) is 35.4 Å². The van der Waals surface area contributed by atoms with Crippen LogP contribution in [0, 0.1) is 0 Å². The number of aliphatic imine (C=N–C) groups is 1. The predicted molar refractivity (Wildman–Crippen MR) is 106 cm³/mol. The van der Waals surface area contributed by atoms with Crippen molar-refractivity contribution in [2.45, 2.75) is 20.0 Å². The molecule has 7 heteroatoms. The Balaban J connectivity index is 0.00000242. The number of rotatable bonds is 5. The highest BCUT2D eigenvalue weighted by Crippen LogP contribution is 2.14. The van der Waals surface area contributed by atoms with E-state index in [4.69, 9.17) is 11.6 Å². The number of guanidine groups is 1. The van der Waals surface area contributed by atoms with E-state index in [-0.39, 0.29) is 24.0 Å². The molecule has 2 rings (SSSR count). The lowest BCUT2D eigenvalue weighted by atomic mass is 10.3. The average Bonchev–Trinajstić information content (AvgIpc) is 3.05.